The Morgan fingerprint density at radius 2 is 1.87 bits per heavy atom. The van der Waals surface area contributed by atoms with Gasteiger partial charge >= 0.3 is 12.1 Å². The third-order valence-corrected chi connectivity index (χ3v) is 5.13. The van der Waals surface area contributed by atoms with Crippen LogP contribution in [0.2, 0.25) is 0 Å². The molecule has 0 atom stereocenters. The minimum Gasteiger partial charge on any atom is -0.478 e. The number of hydrogen-bond donors (Lipinski definition) is 1. The smallest absolute Gasteiger partial charge is 0.410 e. The van der Waals surface area contributed by atoms with E-state index in [1.165, 1.54) is 12.1 Å². The molecule has 0 radical (unpaired) electrons. The highest BCUT2D eigenvalue weighted by Crippen LogP contribution is 2.24. The van der Waals surface area contributed by atoms with Crippen LogP contribution >= 0.6 is 0 Å². The van der Waals surface area contributed by atoms with Crippen molar-refractivity contribution in [2.75, 3.05) is 13.1 Å². The molecule has 1 amide bonds. The summed E-state index contributed by atoms with van der Waals surface area (Å²) in [5, 5.41) is 13.0. The van der Waals surface area contributed by atoms with E-state index in [0.29, 0.717) is 23.2 Å². The van der Waals surface area contributed by atoms with E-state index < -0.39 is 11.6 Å². The molecule has 1 saturated heterocycles. The minimum absolute atomic E-state index is 0.219. The Bertz CT molecular complexity index is 862. The molecule has 0 aliphatic carbocycles. The van der Waals surface area contributed by atoms with Gasteiger partial charge in [-0.15, -0.1) is 0 Å². The van der Waals surface area contributed by atoms with E-state index in [2.05, 4.69) is 10.1 Å². The second-order valence-electron chi connectivity index (χ2n) is 8.70. The molecule has 0 saturated carbocycles. The molecule has 2 aromatic rings. The molecule has 8 nitrogen and oxygen atoms in total. The first-order valence-electron chi connectivity index (χ1n) is 10.4. The second kappa shape index (κ2) is 9.28. The predicted octanol–water partition coefficient (Wildman–Crippen LogP) is 4.40. The molecule has 162 valence electrons. The average Bonchev–Trinajstić information content (AvgIpc) is 3.16. The molecule has 1 fully saturated rings. The number of aromatic carboxylic acids is 1. The van der Waals surface area contributed by atoms with Crippen LogP contribution in [0.25, 0.3) is 11.5 Å². The molecule has 0 bridgehead atoms. The van der Waals surface area contributed by atoms with Gasteiger partial charge in [-0.25, -0.2) is 9.59 Å². The number of carbonyl (C=O) groups is 2. The van der Waals surface area contributed by atoms with Crippen molar-refractivity contribution < 1.29 is 24.0 Å². The van der Waals surface area contributed by atoms with Crippen molar-refractivity contribution in [3.63, 3.8) is 0 Å². The lowest BCUT2D eigenvalue weighted by atomic mass is 9.91. The number of nitrogens with zero attached hydrogens (tertiary/aromatic N) is 3. The number of ether oxygens (including phenoxy) is 1. The van der Waals surface area contributed by atoms with Crippen molar-refractivity contribution in [3.05, 3.63) is 35.7 Å². The van der Waals surface area contributed by atoms with Crippen molar-refractivity contribution in [2.45, 2.75) is 58.5 Å². The highest BCUT2D eigenvalue weighted by atomic mass is 16.6. The molecule has 8 heteroatoms. The number of aromatic nitrogens is 2. The van der Waals surface area contributed by atoms with Gasteiger partial charge in [0, 0.05) is 25.1 Å². The summed E-state index contributed by atoms with van der Waals surface area (Å²) in [5.41, 5.74) is 0.458. The number of likely N-dealkylation sites (tertiary alicyclic amines) is 1. The second-order valence-corrected chi connectivity index (χ2v) is 8.70. The van der Waals surface area contributed by atoms with Crippen LogP contribution in [0.5, 0.6) is 0 Å². The summed E-state index contributed by atoms with van der Waals surface area (Å²) in [7, 11) is 0. The van der Waals surface area contributed by atoms with E-state index in [0.717, 1.165) is 45.2 Å². The van der Waals surface area contributed by atoms with E-state index in [-0.39, 0.29) is 11.7 Å². The number of carboxylic acid groups (broad SMARTS) is 1. The minimum atomic E-state index is -0.968. The zero-order valence-electron chi connectivity index (χ0n) is 17.8. The standard InChI is InChI=1S/C22H29N3O5/c1-22(2,3)29-21(28)25-13-11-15(12-14-25)5-4-6-18-23-19(30-24-18)16-7-9-17(10-8-16)20(26)27/h7-10,15H,4-6,11-14H2,1-3H3,(H,26,27). The molecule has 1 aromatic carbocycles. The van der Waals surface area contributed by atoms with E-state index in [1.807, 2.05) is 20.8 Å². The summed E-state index contributed by atoms with van der Waals surface area (Å²) in [6.07, 6.45) is 4.46. The fourth-order valence-electron chi connectivity index (χ4n) is 3.51. The third kappa shape index (κ3) is 6.05. The lowest BCUT2D eigenvalue weighted by molar-refractivity contribution is 0.0180. The molecule has 3 rings (SSSR count). The maximum absolute atomic E-state index is 12.1. The molecule has 1 aliphatic rings. The lowest BCUT2D eigenvalue weighted by Crippen LogP contribution is -2.41. The Morgan fingerprint density at radius 3 is 2.47 bits per heavy atom. The molecular formula is C22H29N3O5. The van der Waals surface area contributed by atoms with E-state index in [1.54, 1.807) is 17.0 Å². The highest BCUT2D eigenvalue weighted by Gasteiger charge is 2.26. The summed E-state index contributed by atoms with van der Waals surface area (Å²) in [6, 6.07) is 6.37. The summed E-state index contributed by atoms with van der Waals surface area (Å²) >= 11 is 0. The molecule has 1 aromatic heterocycles. The lowest BCUT2D eigenvalue weighted by Gasteiger charge is -2.33. The van der Waals surface area contributed by atoms with Gasteiger partial charge in [0.25, 0.3) is 5.89 Å². The zero-order chi connectivity index (χ0) is 21.7. The van der Waals surface area contributed by atoms with Crippen LogP contribution in [0.4, 0.5) is 4.79 Å². The van der Waals surface area contributed by atoms with Crippen LogP contribution in [-0.4, -0.2) is 50.9 Å². The normalized spacial score (nSPS) is 15.2. The zero-order valence-corrected chi connectivity index (χ0v) is 17.8. The number of benzene rings is 1. The van der Waals surface area contributed by atoms with Crippen molar-refractivity contribution in [1.29, 1.82) is 0 Å². The quantitative estimate of drug-likeness (QED) is 0.745. The number of rotatable bonds is 6. The fourth-order valence-corrected chi connectivity index (χ4v) is 3.51. The van der Waals surface area contributed by atoms with Gasteiger partial charge in [-0.2, -0.15) is 4.98 Å². The number of aryl methyl sites for hydroxylation is 1. The van der Waals surface area contributed by atoms with Crippen molar-refractivity contribution >= 4 is 12.1 Å². The van der Waals surface area contributed by atoms with Crippen molar-refractivity contribution in [3.8, 4) is 11.5 Å². The summed E-state index contributed by atoms with van der Waals surface area (Å²) in [6.45, 7) is 7.11. The third-order valence-electron chi connectivity index (χ3n) is 5.13. The monoisotopic (exact) mass is 415 g/mol. The van der Waals surface area contributed by atoms with Gasteiger partial charge < -0.3 is 19.3 Å². The summed E-state index contributed by atoms with van der Waals surface area (Å²) in [4.78, 5) is 29.3. The van der Waals surface area contributed by atoms with Crippen LogP contribution in [0.3, 0.4) is 0 Å². The van der Waals surface area contributed by atoms with Crippen LogP contribution in [0.15, 0.2) is 28.8 Å². The van der Waals surface area contributed by atoms with Gasteiger partial charge in [-0.05, 0) is 76.6 Å². The Labute approximate surface area is 176 Å². The van der Waals surface area contributed by atoms with Crippen LogP contribution in [-0.2, 0) is 11.2 Å². The molecule has 0 spiro atoms. The maximum Gasteiger partial charge on any atom is 0.410 e. The number of carbonyl (C=O) groups excluding carboxylic acids is 1. The average molecular weight is 415 g/mol. The first kappa shape index (κ1) is 21.8. The highest BCUT2D eigenvalue weighted by molar-refractivity contribution is 5.88. The van der Waals surface area contributed by atoms with Gasteiger partial charge in [-0.3, -0.25) is 0 Å². The fraction of sp³-hybridized carbons (Fsp3) is 0.545. The Balaban J connectivity index is 1.41. The molecule has 1 aliphatic heterocycles. The number of hydrogen-bond acceptors (Lipinski definition) is 6. The van der Waals surface area contributed by atoms with Crippen molar-refractivity contribution in [2.24, 2.45) is 5.92 Å². The topological polar surface area (TPSA) is 106 Å². The van der Waals surface area contributed by atoms with Gasteiger partial charge in [0.2, 0.25) is 0 Å². The Morgan fingerprint density at radius 1 is 1.20 bits per heavy atom. The first-order chi connectivity index (χ1) is 14.2. The Kier molecular flexibility index (Phi) is 6.74. The predicted molar refractivity (Wildman–Crippen MR) is 110 cm³/mol. The molecule has 2 heterocycles. The van der Waals surface area contributed by atoms with E-state index in [9.17, 15) is 9.59 Å². The number of carboxylic acids is 1. The molecule has 30 heavy (non-hydrogen) atoms. The SMILES string of the molecule is CC(C)(C)OC(=O)N1CCC(CCCc2noc(-c3ccc(C(=O)O)cc3)n2)CC1. The molecular weight excluding hydrogens is 386 g/mol. The van der Waals surface area contributed by atoms with Crippen LogP contribution in [0.1, 0.15) is 62.6 Å². The van der Waals surface area contributed by atoms with Crippen LogP contribution < -0.4 is 0 Å². The largest absolute Gasteiger partial charge is 0.478 e. The van der Waals surface area contributed by atoms with Gasteiger partial charge in [0.05, 0.1) is 5.56 Å². The molecule has 0 unspecified atom stereocenters. The first-order valence-corrected chi connectivity index (χ1v) is 10.4. The van der Waals surface area contributed by atoms with Gasteiger partial charge in [-0.1, -0.05) is 5.16 Å². The van der Waals surface area contributed by atoms with Gasteiger partial charge in [0.15, 0.2) is 5.82 Å². The van der Waals surface area contributed by atoms with E-state index in [4.69, 9.17) is 14.4 Å². The van der Waals surface area contributed by atoms with Crippen LogP contribution in [0, 0.1) is 5.92 Å². The number of amides is 1. The number of piperidine rings is 1. The van der Waals surface area contributed by atoms with Gasteiger partial charge in [0.1, 0.15) is 5.60 Å². The Hall–Kier alpha value is -2.90. The summed E-state index contributed by atoms with van der Waals surface area (Å²) in [5.74, 6) is 0.662. The maximum atomic E-state index is 12.1. The van der Waals surface area contributed by atoms with E-state index >= 15 is 0 Å². The van der Waals surface area contributed by atoms with Crippen molar-refractivity contribution in [1.82, 2.24) is 15.0 Å². The molecule has 1 N–H and O–H groups in total. The summed E-state index contributed by atoms with van der Waals surface area (Å²) < 4.78 is 10.7.